The number of rotatable bonds is 4. The van der Waals surface area contributed by atoms with E-state index in [1.165, 1.54) is 4.88 Å². The lowest BCUT2D eigenvalue weighted by molar-refractivity contribution is -0.130. The molecule has 0 saturated carbocycles. The van der Waals surface area contributed by atoms with E-state index in [1.807, 2.05) is 11.4 Å². The van der Waals surface area contributed by atoms with E-state index in [1.54, 1.807) is 16.2 Å². The average Bonchev–Trinajstić information content (AvgIpc) is 2.90. The van der Waals surface area contributed by atoms with Crippen molar-refractivity contribution >= 4 is 17.2 Å². The Morgan fingerprint density at radius 2 is 2.12 bits per heavy atom. The molecule has 0 aromatic carbocycles. The fourth-order valence-corrected chi connectivity index (χ4v) is 2.75. The Morgan fingerprint density at radius 1 is 1.41 bits per heavy atom. The molecule has 0 bridgehead atoms. The maximum Gasteiger partial charge on any atom is 0.222 e. The van der Waals surface area contributed by atoms with E-state index in [9.17, 15) is 15.0 Å². The van der Waals surface area contributed by atoms with Gasteiger partial charge in [-0.2, -0.15) is 0 Å². The molecule has 2 N–H and O–H groups in total. The van der Waals surface area contributed by atoms with Crippen LogP contribution in [-0.4, -0.2) is 46.3 Å². The summed E-state index contributed by atoms with van der Waals surface area (Å²) in [6, 6.07) is 4.08. The van der Waals surface area contributed by atoms with E-state index >= 15 is 0 Å². The van der Waals surface area contributed by atoms with Crippen molar-refractivity contribution in [2.75, 3.05) is 13.1 Å². The highest BCUT2D eigenvalue weighted by atomic mass is 32.1. The molecule has 0 spiro atoms. The van der Waals surface area contributed by atoms with Gasteiger partial charge in [-0.05, 0) is 24.3 Å². The van der Waals surface area contributed by atoms with Crippen molar-refractivity contribution in [3.63, 3.8) is 0 Å². The zero-order valence-corrected chi connectivity index (χ0v) is 10.4. The van der Waals surface area contributed by atoms with Crippen molar-refractivity contribution in [1.82, 2.24) is 4.90 Å². The molecule has 1 aromatic heterocycles. The Balaban J connectivity index is 1.71. The van der Waals surface area contributed by atoms with Gasteiger partial charge in [-0.1, -0.05) is 6.07 Å². The first-order chi connectivity index (χ1) is 8.16. The summed E-state index contributed by atoms with van der Waals surface area (Å²) in [5.74, 6) is 0.0251. The summed E-state index contributed by atoms with van der Waals surface area (Å²) in [6.45, 7) is 0.526. The number of carbonyl (C=O) groups is 1. The van der Waals surface area contributed by atoms with E-state index in [0.29, 0.717) is 6.42 Å². The highest BCUT2D eigenvalue weighted by Crippen LogP contribution is 2.15. The third kappa shape index (κ3) is 3.28. The first-order valence-electron chi connectivity index (χ1n) is 5.83. The highest BCUT2D eigenvalue weighted by molar-refractivity contribution is 7.09. The summed E-state index contributed by atoms with van der Waals surface area (Å²) < 4.78 is 0. The third-order valence-electron chi connectivity index (χ3n) is 3.01. The second-order valence-corrected chi connectivity index (χ2v) is 5.40. The molecular formula is C12H17NO3S. The number of aliphatic hydroxyl groups excluding tert-OH is 2. The lowest BCUT2D eigenvalue weighted by Gasteiger charge is -2.14. The van der Waals surface area contributed by atoms with Crippen LogP contribution in [0.3, 0.4) is 0 Å². The van der Waals surface area contributed by atoms with Crippen LogP contribution in [0.25, 0.3) is 0 Å². The van der Waals surface area contributed by atoms with Crippen LogP contribution >= 0.6 is 11.3 Å². The molecule has 0 unspecified atom stereocenters. The second kappa shape index (κ2) is 5.62. The molecule has 5 heteroatoms. The molecule has 1 fully saturated rings. The van der Waals surface area contributed by atoms with Crippen molar-refractivity contribution < 1.29 is 15.0 Å². The Hall–Kier alpha value is -0.910. The van der Waals surface area contributed by atoms with Crippen LogP contribution in [0, 0.1) is 0 Å². The minimum atomic E-state index is -0.781. The molecule has 2 atom stereocenters. The quantitative estimate of drug-likeness (QED) is 0.830. The van der Waals surface area contributed by atoms with Gasteiger partial charge in [-0.15, -0.1) is 11.3 Å². The predicted octanol–water partition coefficient (Wildman–Crippen LogP) is 0.635. The minimum absolute atomic E-state index is 0.0251. The number of amides is 1. The number of thiophene rings is 1. The first kappa shape index (κ1) is 12.5. The zero-order valence-electron chi connectivity index (χ0n) is 9.58. The van der Waals surface area contributed by atoms with Crippen LogP contribution in [0.5, 0.6) is 0 Å². The van der Waals surface area contributed by atoms with E-state index in [-0.39, 0.29) is 19.0 Å². The van der Waals surface area contributed by atoms with Crippen LogP contribution in [-0.2, 0) is 11.2 Å². The molecule has 4 nitrogen and oxygen atoms in total. The normalized spacial score (nSPS) is 24.2. The van der Waals surface area contributed by atoms with Crippen LogP contribution < -0.4 is 0 Å². The Kier molecular flexibility index (Phi) is 4.15. The lowest BCUT2D eigenvalue weighted by atomic mass is 10.2. The van der Waals surface area contributed by atoms with Crippen LogP contribution in [0.2, 0.25) is 0 Å². The van der Waals surface area contributed by atoms with Crippen LogP contribution in [0.15, 0.2) is 17.5 Å². The largest absolute Gasteiger partial charge is 0.388 e. The van der Waals surface area contributed by atoms with E-state index in [4.69, 9.17) is 0 Å². The van der Waals surface area contributed by atoms with E-state index < -0.39 is 12.2 Å². The van der Waals surface area contributed by atoms with Gasteiger partial charge in [0.15, 0.2) is 0 Å². The van der Waals surface area contributed by atoms with Crippen molar-refractivity contribution in [3.8, 4) is 0 Å². The zero-order chi connectivity index (χ0) is 12.3. The number of hydrogen-bond donors (Lipinski definition) is 2. The Morgan fingerprint density at radius 3 is 2.71 bits per heavy atom. The Labute approximate surface area is 104 Å². The molecule has 0 radical (unpaired) electrons. The standard InChI is InChI=1S/C12H17NO3S/c14-10-7-13(8-11(10)15)12(16)5-1-3-9-4-2-6-17-9/h2,4,6,10-11,14-15H,1,3,5,7-8H2/t10-,11+. The maximum absolute atomic E-state index is 11.8. The monoisotopic (exact) mass is 255 g/mol. The van der Waals surface area contributed by atoms with Crippen molar-refractivity contribution in [2.24, 2.45) is 0 Å². The Bertz CT molecular complexity index is 356. The third-order valence-corrected chi connectivity index (χ3v) is 3.94. The van der Waals surface area contributed by atoms with E-state index in [0.717, 1.165) is 12.8 Å². The molecule has 2 heterocycles. The number of hydrogen-bond acceptors (Lipinski definition) is 4. The molecule has 1 aliphatic heterocycles. The van der Waals surface area contributed by atoms with Gasteiger partial charge in [0.2, 0.25) is 5.91 Å². The molecule has 17 heavy (non-hydrogen) atoms. The molecule has 1 aromatic rings. The van der Waals surface area contributed by atoms with Crippen molar-refractivity contribution in [2.45, 2.75) is 31.5 Å². The molecule has 2 rings (SSSR count). The van der Waals surface area contributed by atoms with Gasteiger partial charge in [0.1, 0.15) is 0 Å². The predicted molar refractivity (Wildman–Crippen MR) is 65.9 cm³/mol. The minimum Gasteiger partial charge on any atom is -0.388 e. The van der Waals surface area contributed by atoms with E-state index in [2.05, 4.69) is 6.07 Å². The molecule has 1 amide bonds. The van der Waals surface area contributed by atoms with Gasteiger partial charge in [0.05, 0.1) is 12.2 Å². The van der Waals surface area contributed by atoms with Crippen molar-refractivity contribution in [1.29, 1.82) is 0 Å². The first-order valence-corrected chi connectivity index (χ1v) is 6.71. The topological polar surface area (TPSA) is 60.8 Å². The van der Waals surface area contributed by atoms with Crippen LogP contribution in [0.4, 0.5) is 0 Å². The fourth-order valence-electron chi connectivity index (χ4n) is 2.00. The summed E-state index contributed by atoms with van der Waals surface area (Å²) in [6.07, 6.45) is 0.661. The van der Waals surface area contributed by atoms with Gasteiger partial charge in [0, 0.05) is 24.4 Å². The highest BCUT2D eigenvalue weighted by Gasteiger charge is 2.31. The van der Waals surface area contributed by atoms with Gasteiger partial charge >= 0.3 is 0 Å². The molecule has 1 aliphatic rings. The smallest absolute Gasteiger partial charge is 0.222 e. The summed E-state index contributed by atoms with van der Waals surface area (Å²) in [7, 11) is 0. The second-order valence-electron chi connectivity index (χ2n) is 4.37. The number of carbonyl (C=O) groups excluding carboxylic acids is 1. The maximum atomic E-state index is 11.8. The van der Waals surface area contributed by atoms with Gasteiger partial charge in [-0.25, -0.2) is 0 Å². The molecule has 0 aliphatic carbocycles. The van der Waals surface area contributed by atoms with Gasteiger partial charge < -0.3 is 15.1 Å². The number of aryl methyl sites for hydroxylation is 1. The summed E-state index contributed by atoms with van der Waals surface area (Å²) in [5, 5.41) is 20.7. The number of β-amino-alcohol motifs (C(OH)–C–C–N with tert-alkyl or cyclic N) is 2. The molecule has 94 valence electrons. The number of aliphatic hydroxyl groups is 2. The summed E-state index contributed by atoms with van der Waals surface area (Å²) in [4.78, 5) is 14.6. The van der Waals surface area contributed by atoms with Gasteiger partial charge in [0.25, 0.3) is 0 Å². The molecular weight excluding hydrogens is 238 g/mol. The number of likely N-dealkylation sites (tertiary alicyclic amines) is 1. The van der Waals surface area contributed by atoms with Crippen LogP contribution in [0.1, 0.15) is 17.7 Å². The number of nitrogens with zero attached hydrogens (tertiary/aromatic N) is 1. The van der Waals surface area contributed by atoms with Gasteiger partial charge in [-0.3, -0.25) is 4.79 Å². The van der Waals surface area contributed by atoms with Crippen molar-refractivity contribution in [3.05, 3.63) is 22.4 Å². The summed E-state index contributed by atoms with van der Waals surface area (Å²) in [5.41, 5.74) is 0. The summed E-state index contributed by atoms with van der Waals surface area (Å²) >= 11 is 1.70. The molecule has 1 saturated heterocycles. The lowest BCUT2D eigenvalue weighted by Crippen LogP contribution is -2.29. The average molecular weight is 255 g/mol. The SMILES string of the molecule is O=C(CCCc1cccs1)N1C[C@@H](O)[C@@H](O)C1. The fraction of sp³-hybridized carbons (Fsp3) is 0.583.